The number of phosphoric ester groups is 1. The largest absolute Gasteiger partial charge is 0.472 e. The number of rotatable bonds is 33. The van der Waals surface area contributed by atoms with Crippen LogP contribution in [0.2, 0.25) is 0 Å². The maximum atomic E-state index is 12.5. The van der Waals surface area contributed by atoms with Crippen LogP contribution >= 0.6 is 7.82 Å². The van der Waals surface area contributed by atoms with Gasteiger partial charge < -0.3 is 18.9 Å². The van der Waals surface area contributed by atoms with Gasteiger partial charge in [-0.2, -0.15) is 0 Å². The molecule has 0 aromatic heterocycles. The van der Waals surface area contributed by atoms with E-state index in [1.54, 1.807) is 0 Å². The molecule has 0 aliphatic carbocycles. The van der Waals surface area contributed by atoms with Crippen molar-refractivity contribution in [3.05, 3.63) is 12.2 Å². The number of quaternary nitrogens is 1. The number of carbonyl (C=O) groups is 2. The minimum atomic E-state index is -4.36. The van der Waals surface area contributed by atoms with Gasteiger partial charge in [0.25, 0.3) is 0 Å². The zero-order valence-corrected chi connectivity index (χ0v) is 31.2. The zero-order valence-electron chi connectivity index (χ0n) is 30.3. The van der Waals surface area contributed by atoms with Crippen molar-refractivity contribution in [3.8, 4) is 0 Å². The Labute approximate surface area is 282 Å². The molecule has 0 fully saturated rings. The van der Waals surface area contributed by atoms with Gasteiger partial charge in [-0.1, -0.05) is 122 Å². The highest BCUT2D eigenvalue weighted by Crippen LogP contribution is 2.43. The lowest BCUT2D eigenvalue weighted by atomic mass is 10.0. The predicted molar refractivity (Wildman–Crippen MR) is 188 cm³/mol. The molecule has 46 heavy (non-hydrogen) atoms. The summed E-state index contributed by atoms with van der Waals surface area (Å²) in [6.45, 7) is 4.33. The fourth-order valence-corrected chi connectivity index (χ4v) is 5.58. The molecule has 0 heterocycles. The third-order valence-corrected chi connectivity index (χ3v) is 8.76. The molecule has 0 aromatic rings. The van der Waals surface area contributed by atoms with E-state index in [-0.39, 0.29) is 25.6 Å². The lowest BCUT2D eigenvalue weighted by Crippen LogP contribution is -2.37. The van der Waals surface area contributed by atoms with Gasteiger partial charge in [-0.15, -0.1) is 0 Å². The molecule has 0 aliphatic heterocycles. The number of hydrogen-bond donors (Lipinski definition) is 1. The Morgan fingerprint density at radius 1 is 0.652 bits per heavy atom. The average molecular weight is 677 g/mol. The molecular weight excluding hydrogens is 605 g/mol. The summed E-state index contributed by atoms with van der Waals surface area (Å²) in [6, 6.07) is 0. The van der Waals surface area contributed by atoms with Crippen molar-refractivity contribution in [3.63, 3.8) is 0 Å². The van der Waals surface area contributed by atoms with Crippen molar-refractivity contribution in [2.75, 3.05) is 47.5 Å². The van der Waals surface area contributed by atoms with Crippen molar-refractivity contribution < 1.29 is 42.1 Å². The van der Waals surface area contributed by atoms with Crippen LogP contribution in [0.3, 0.4) is 0 Å². The first-order valence-electron chi connectivity index (χ1n) is 18.4. The fourth-order valence-electron chi connectivity index (χ4n) is 4.84. The summed E-state index contributed by atoms with van der Waals surface area (Å²) < 4.78 is 34.1. The number of likely N-dealkylation sites (N-methyl/N-ethyl adjacent to an activating group) is 1. The maximum absolute atomic E-state index is 12.5. The molecule has 0 aliphatic rings. The highest BCUT2D eigenvalue weighted by molar-refractivity contribution is 7.47. The van der Waals surface area contributed by atoms with E-state index in [9.17, 15) is 19.0 Å². The first-order chi connectivity index (χ1) is 22.0. The number of esters is 2. The SMILES string of the molecule is CCC/C=C\CCCCCCCC(=O)OC(COC(=O)CCCCCCCCCCCCCC)COP(=O)(O)OCC[N+](C)(C)C. The Hall–Kier alpha value is -1.25. The normalized spacial score (nSPS) is 14.0. The number of ether oxygens (including phenoxy) is 2. The van der Waals surface area contributed by atoms with Crippen molar-refractivity contribution in [2.45, 2.75) is 161 Å². The van der Waals surface area contributed by atoms with Crippen LogP contribution in [0.1, 0.15) is 155 Å². The Balaban J connectivity index is 4.45. The molecule has 272 valence electrons. The van der Waals surface area contributed by atoms with Crippen LogP contribution in [0.25, 0.3) is 0 Å². The number of carbonyl (C=O) groups excluding carboxylic acids is 2. The quantitative estimate of drug-likeness (QED) is 0.0241. The van der Waals surface area contributed by atoms with E-state index in [1.807, 2.05) is 21.1 Å². The second-order valence-corrected chi connectivity index (χ2v) is 15.1. The number of nitrogens with zero attached hydrogens (tertiary/aromatic N) is 1. The van der Waals surface area contributed by atoms with Gasteiger partial charge in [0.05, 0.1) is 27.7 Å². The third kappa shape index (κ3) is 32.7. The number of phosphoric acid groups is 1. The molecule has 2 atom stereocenters. The smallest absolute Gasteiger partial charge is 0.462 e. The van der Waals surface area contributed by atoms with Gasteiger partial charge in [0.15, 0.2) is 6.10 Å². The van der Waals surface area contributed by atoms with Gasteiger partial charge in [0.1, 0.15) is 19.8 Å². The molecule has 0 spiro atoms. The summed E-state index contributed by atoms with van der Waals surface area (Å²) >= 11 is 0. The highest BCUT2D eigenvalue weighted by atomic mass is 31.2. The van der Waals surface area contributed by atoms with E-state index in [4.69, 9.17) is 18.5 Å². The van der Waals surface area contributed by atoms with Crippen LogP contribution in [0.15, 0.2) is 12.2 Å². The van der Waals surface area contributed by atoms with Crippen LogP contribution in [0, 0.1) is 0 Å². The van der Waals surface area contributed by atoms with Gasteiger partial charge in [-0.05, 0) is 32.1 Å². The predicted octanol–water partition coefficient (Wildman–Crippen LogP) is 9.46. The Kier molecular flexibility index (Phi) is 29.0. The third-order valence-electron chi connectivity index (χ3n) is 7.78. The second kappa shape index (κ2) is 29.9. The minimum absolute atomic E-state index is 0.0325. The van der Waals surface area contributed by atoms with Crippen molar-refractivity contribution in [1.29, 1.82) is 0 Å². The summed E-state index contributed by atoms with van der Waals surface area (Å²) in [6.07, 6.45) is 26.9. The van der Waals surface area contributed by atoms with E-state index < -0.39 is 26.5 Å². The summed E-state index contributed by atoms with van der Waals surface area (Å²) in [4.78, 5) is 35.0. The number of unbranched alkanes of at least 4 members (excludes halogenated alkanes) is 17. The number of hydrogen-bond acceptors (Lipinski definition) is 7. The first-order valence-corrected chi connectivity index (χ1v) is 19.9. The lowest BCUT2D eigenvalue weighted by molar-refractivity contribution is -0.870. The molecule has 0 radical (unpaired) electrons. The molecule has 0 saturated carbocycles. The molecule has 0 aromatic carbocycles. The molecule has 0 bridgehead atoms. The average Bonchev–Trinajstić information content (AvgIpc) is 2.99. The summed E-state index contributed by atoms with van der Waals surface area (Å²) in [5, 5.41) is 0. The number of allylic oxidation sites excluding steroid dienone is 2. The van der Waals surface area contributed by atoms with Gasteiger partial charge >= 0.3 is 19.8 Å². The molecule has 2 unspecified atom stereocenters. The summed E-state index contributed by atoms with van der Waals surface area (Å²) in [7, 11) is 1.47. The van der Waals surface area contributed by atoms with Gasteiger partial charge in [-0.25, -0.2) is 4.57 Å². The van der Waals surface area contributed by atoms with Crippen LogP contribution in [0.4, 0.5) is 0 Å². The molecule has 9 nitrogen and oxygen atoms in total. The van der Waals surface area contributed by atoms with E-state index in [1.165, 1.54) is 64.2 Å². The molecule has 1 N–H and O–H groups in total. The van der Waals surface area contributed by atoms with E-state index in [0.29, 0.717) is 23.9 Å². The monoisotopic (exact) mass is 676 g/mol. The molecule has 0 amide bonds. The van der Waals surface area contributed by atoms with Gasteiger partial charge in [0, 0.05) is 12.8 Å². The van der Waals surface area contributed by atoms with Crippen LogP contribution in [-0.4, -0.2) is 74.9 Å². The first kappa shape index (κ1) is 44.8. The van der Waals surface area contributed by atoms with Crippen molar-refractivity contribution in [1.82, 2.24) is 0 Å². The Morgan fingerprint density at radius 3 is 1.70 bits per heavy atom. The maximum Gasteiger partial charge on any atom is 0.472 e. The van der Waals surface area contributed by atoms with Crippen LogP contribution in [0.5, 0.6) is 0 Å². The van der Waals surface area contributed by atoms with E-state index >= 15 is 0 Å². The van der Waals surface area contributed by atoms with Crippen molar-refractivity contribution >= 4 is 19.8 Å². The Morgan fingerprint density at radius 2 is 1.15 bits per heavy atom. The zero-order chi connectivity index (χ0) is 34.4. The Bertz CT molecular complexity index is 814. The van der Waals surface area contributed by atoms with Crippen LogP contribution < -0.4 is 0 Å². The topological polar surface area (TPSA) is 108 Å². The van der Waals surface area contributed by atoms with Gasteiger partial charge in [0.2, 0.25) is 0 Å². The van der Waals surface area contributed by atoms with Crippen LogP contribution in [-0.2, 0) is 32.7 Å². The summed E-state index contributed by atoms with van der Waals surface area (Å²) in [5.74, 6) is -0.809. The van der Waals surface area contributed by atoms with E-state index in [2.05, 4.69) is 26.0 Å². The molecule has 10 heteroatoms. The lowest BCUT2D eigenvalue weighted by Gasteiger charge is -2.24. The minimum Gasteiger partial charge on any atom is -0.462 e. The standard InChI is InChI=1S/C36H70NO8P/c1-6-8-10-12-14-16-18-19-21-22-24-26-28-35(38)42-32-34(33-44-46(40,41)43-31-30-37(3,4)5)45-36(39)29-27-25-23-20-17-15-13-11-9-7-2/h11,13,34H,6-10,12,14-33H2,1-5H3/p+1/b13-11-. The summed E-state index contributed by atoms with van der Waals surface area (Å²) in [5.41, 5.74) is 0. The second-order valence-electron chi connectivity index (χ2n) is 13.6. The molecular formula is C36H71NO8P+. The fraction of sp³-hybridized carbons (Fsp3) is 0.889. The van der Waals surface area contributed by atoms with E-state index in [0.717, 1.165) is 57.8 Å². The van der Waals surface area contributed by atoms with Crippen molar-refractivity contribution in [2.24, 2.45) is 0 Å². The highest BCUT2D eigenvalue weighted by Gasteiger charge is 2.27. The molecule has 0 saturated heterocycles. The van der Waals surface area contributed by atoms with Gasteiger partial charge in [-0.3, -0.25) is 18.6 Å². The molecule has 0 rings (SSSR count).